The Kier molecular flexibility index (Phi) is 5.25. The number of carbonyl (C=O) groups is 1. The third-order valence-corrected chi connectivity index (χ3v) is 4.39. The molecule has 1 amide bonds. The maximum Gasteiger partial charge on any atom is 0.224 e. The Morgan fingerprint density at radius 2 is 2.05 bits per heavy atom. The lowest BCUT2D eigenvalue weighted by Crippen LogP contribution is -2.11. The molecule has 1 aromatic carbocycles. The van der Waals surface area contributed by atoms with Crippen LogP contribution in [0.15, 0.2) is 35.7 Å². The molecule has 1 N–H and O–H groups in total. The van der Waals surface area contributed by atoms with Gasteiger partial charge in [-0.05, 0) is 36.4 Å². The number of benzene rings is 1. The van der Waals surface area contributed by atoms with Gasteiger partial charge in [0.15, 0.2) is 0 Å². The minimum Gasteiger partial charge on any atom is -0.325 e. The second kappa shape index (κ2) is 6.94. The summed E-state index contributed by atoms with van der Waals surface area (Å²) in [5, 5.41) is 5.65. The smallest absolute Gasteiger partial charge is 0.224 e. The largest absolute Gasteiger partial charge is 0.325 e. The fraction of sp³-hybridized carbons (Fsp3) is 0.214. The quantitative estimate of drug-likeness (QED) is 0.825. The number of thiophene rings is 1. The van der Waals surface area contributed by atoms with Crippen LogP contribution in [0.5, 0.6) is 0 Å². The van der Waals surface area contributed by atoms with E-state index in [-0.39, 0.29) is 5.91 Å². The molecule has 19 heavy (non-hydrogen) atoms. The van der Waals surface area contributed by atoms with Gasteiger partial charge < -0.3 is 5.32 Å². The standard InChI is InChI=1S/C14H13Cl2NOS/c15-11-6-2-7-12(14(11)16)17-13(18)8-1-4-10-5-3-9-19-10/h2-3,5-7,9H,1,4,8H2,(H,17,18). The Morgan fingerprint density at radius 3 is 2.79 bits per heavy atom. The van der Waals surface area contributed by atoms with Gasteiger partial charge in [-0.3, -0.25) is 4.79 Å². The van der Waals surface area contributed by atoms with Crippen molar-refractivity contribution in [1.29, 1.82) is 0 Å². The fourth-order valence-electron chi connectivity index (χ4n) is 1.69. The van der Waals surface area contributed by atoms with E-state index < -0.39 is 0 Å². The van der Waals surface area contributed by atoms with E-state index in [1.165, 1.54) is 4.88 Å². The van der Waals surface area contributed by atoms with Crippen molar-refractivity contribution in [3.63, 3.8) is 0 Å². The van der Waals surface area contributed by atoms with Crippen molar-refractivity contribution in [2.75, 3.05) is 5.32 Å². The summed E-state index contributed by atoms with van der Waals surface area (Å²) in [5.41, 5.74) is 0.565. The van der Waals surface area contributed by atoms with Gasteiger partial charge >= 0.3 is 0 Å². The average molecular weight is 314 g/mol. The van der Waals surface area contributed by atoms with Gasteiger partial charge in [-0.15, -0.1) is 11.3 Å². The normalized spacial score (nSPS) is 10.4. The van der Waals surface area contributed by atoms with Crippen LogP contribution in [0.3, 0.4) is 0 Å². The van der Waals surface area contributed by atoms with Gasteiger partial charge in [-0.1, -0.05) is 35.3 Å². The Balaban J connectivity index is 1.82. The maximum absolute atomic E-state index is 11.8. The summed E-state index contributed by atoms with van der Waals surface area (Å²) < 4.78 is 0. The molecule has 0 aliphatic carbocycles. The van der Waals surface area contributed by atoms with Crippen LogP contribution in [0.25, 0.3) is 0 Å². The van der Waals surface area contributed by atoms with Crippen LogP contribution >= 0.6 is 34.5 Å². The highest BCUT2D eigenvalue weighted by Gasteiger charge is 2.08. The monoisotopic (exact) mass is 313 g/mol. The van der Waals surface area contributed by atoms with Crippen LogP contribution in [0.2, 0.25) is 10.0 Å². The first kappa shape index (κ1) is 14.4. The first-order chi connectivity index (χ1) is 9.16. The predicted octanol–water partition coefficient (Wildman–Crippen LogP) is 5.02. The van der Waals surface area contributed by atoms with Gasteiger partial charge in [0.2, 0.25) is 5.91 Å². The summed E-state index contributed by atoms with van der Waals surface area (Å²) >= 11 is 13.6. The zero-order valence-electron chi connectivity index (χ0n) is 10.2. The number of carbonyl (C=O) groups excluding carboxylic acids is 1. The number of rotatable bonds is 5. The van der Waals surface area contributed by atoms with Gasteiger partial charge in [0.1, 0.15) is 0 Å². The number of halogens is 2. The van der Waals surface area contributed by atoms with Gasteiger partial charge in [0.05, 0.1) is 15.7 Å². The molecule has 0 spiro atoms. The molecule has 0 saturated carbocycles. The van der Waals surface area contributed by atoms with Crippen LogP contribution in [0.1, 0.15) is 17.7 Å². The Labute approximate surface area is 126 Å². The number of anilines is 1. The highest BCUT2D eigenvalue weighted by atomic mass is 35.5. The number of nitrogens with one attached hydrogen (secondary N) is 1. The molecule has 0 aliphatic rings. The van der Waals surface area contributed by atoms with Crippen LogP contribution in [0, 0.1) is 0 Å². The molecule has 0 atom stereocenters. The molecule has 0 radical (unpaired) electrons. The summed E-state index contributed by atoms with van der Waals surface area (Å²) in [4.78, 5) is 13.1. The van der Waals surface area contributed by atoms with E-state index in [9.17, 15) is 4.79 Å². The summed E-state index contributed by atoms with van der Waals surface area (Å²) in [6, 6.07) is 9.29. The molecule has 2 rings (SSSR count). The first-order valence-electron chi connectivity index (χ1n) is 5.93. The van der Waals surface area contributed by atoms with Crippen molar-refractivity contribution in [3.8, 4) is 0 Å². The van der Waals surface area contributed by atoms with Crippen molar-refractivity contribution >= 4 is 46.1 Å². The third kappa shape index (κ3) is 4.23. The van der Waals surface area contributed by atoms with Crippen molar-refractivity contribution < 1.29 is 4.79 Å². The van der Waals surface area contributed by atoms with Crippen molar-refractivity contribution in [3.05, 3.63) is 50.6 Å². The average Bonchev–Trinajstić information content (AvgIpc) is 2.88. The number of hydrogen-bond donors (Lipinski definition) is 1. The molecular formula is C14H13Cl2NOS. The lowest BCUT2D eigenvalue weighted by atomic mass is 10.2. The summed E-state index contributed by atoms with van der Waals surface area (Å²) in [6.07, 6.45) is 2.22. The minimum absolute atomic E-state index is 0.0410. The molecule has 0 unspecified atom stereocenters. The molecule has 1 aromatic heterocycles. The van der Waals surface area contributed by atoms with Gasteiger partial charge in [-0.2, -0.15) is 0 Å². The van der Waals surface area contributed by atoms with Crippen LogP contribution in [-0.4, -0.2) is 5.91 Å². The minimum atomic E-state index is -0.0410. The molecule has 0 aliphatic heterocycles. The molecule has 100 valence electrons. The van der Waals surface area contributed by atoms with E-state index >= 15 is 0 Å². The molecular weight excluding hydrogens is 301 g/mol. The van der Waals surface area contributed by atoms with Crippen LogP contribution < -0.4 is 5.32 Å². The van der Waals surface area contributed by atoms with Gasteiger partial charge in [0.25, 0.3) is 0 Å². The molecule has 2 aromatic rings. The van der Waals surface area contributed by atoms with E-state index in [1.807, 2.05) is 11.4 Å². The highest BCUT2D eigenvalue weighted by Crippen LogP contribution is 2.29. The van der Waals surface area contributed by atoms with E-state index in [0.29, 0.717) is 22.2 Å². The molecule has 0 bridgehead atoms. The first-order valence-corrected chi connectivity index (χ1v) is 7.56. The van der Waals surface area contributed by atoms with Gasteiger partial charge in [0, 0.05) is 11.3 Å². The Bertz CT molecular complexity index is 555. The molecule has 1 heterocycles. The third-order valence-electron chi connectivity index (χ3n) is 2.63. The van der Waals surface area contributed by atoms with Crippen molar-refractivity contribution in [1.82, 2.24) is 0 Å². The number of amides is 1. The zero-order valence-corrected chi connectivity index (χ0v) is 12.5. The predicted molar refractivity (Wildman–Crippen MR) is 82.3 cm³/mol. The molecule has 5 heteroatoms. The van der Waals surface area contributed by atoms with E-state index in [2.05, 4.69) is 11.4 Å². The van der Waals surface area contributed by atoms with E-state index in [1.54, 1.807) is 29.5 Å². The molecule has 0 saturated heterocycles. The van der Waals surface area contributed by atoms with Crippen molar-refractivity contribution in [2.45, 2.75) is 19.3 Å². The Morgan fingerprint density at radius 1 is 1.21 bits per heavy atom. The lowest BCUT2D eigenvalue weighted by molar-refractivity contribution is -0.116. The zero-order chi connectivity index (χ0) is 13.7. The number of aryl methyl sites for hydroxylation is 1. The van der Waals surface area contributed by atoms with Crippen molar-refractivity contribution in [2.24, 2.45) is 0 Å². The summed E-state index contributed by atoms with van der Waals surface area (Å²) in [5.74, 6) is -0.0410. The molecule has 2 nitrogen and oxygen atoms in total. The SMILES string of the molecule is O=C(CCCc1cccs1)Nc1cccc(Cl)c1Cl. The lowest BCUT2D eigenvalue weighted by Gasteiger charge is -2.07. The fourth-order valence-corrected chi connectivity index (χ4v) is 2.79. The van der Waals surface area contributed by atoms with Gasteiger partial charge in [-0.25, -0.2) is 0 Å². The highest BCUT2D eigenvalue weighted by molar-refractivity contribution is 7.09. The Hall–Kier alpha value is -1.03. The summed E-state index contributed by atoms with van der Waals surface area (Å²) in [6.45, 7) is 0. The molecule has 0 fully saturated rings. The van der Waals surface area contributed by atoms with Crippen LogP contribution in [0.4, 0.5) is 5.69 Å². The topological polar surface area (TPSA) is 29.1 Å². The second-order valence-corrected chi connectivity index (χ2v) is 5.90. The second-order valence-electron chi connectivity index (χ2n) is 4.08. The summed E-state index contributed by atoms with van der Waals surface area (Å²) in [7, 11) is 0. The van der Waals surface area contributed by atoms with E-state index in [4.69, 9.17) is 23.2 Å². The maximum atomic E-state index is 11.8. The van der Waals surface area contributed by atoms with Crippen LogP contribution in [-0.2, 0) is 11.2 Å². The number of hydrogen-bond acceptors (Lipinski definition) is 2. The van der Waals surface area contributed by atoms with E-state index in [0.717, 1.165) is 12.8 Å².